The Hall–Kier alpha value is -2.00. The minimum atomic E-state index is -3.57. The standard InChI is InChI=1S/C18H19ClFN3O3S/c19-14-1-7-17(8-2-14)27(25,26)23-11-9-22(10-12-23)13-18(24)21-16-5-3-15(20)4-6-16/h1-8H,9-13H2,(H,21,24). The zero-order chi connectivity index (χ0) is 19.4. The number of halogens is 2. The summed E-state index contributed by atoms with van der Waals surface area (Å²) in [5.41, 5.74) is 0.519. The summed E-state index contributed by atoms with van der Waals surface area (Å²) in [6.45, 7) is 1.64. The Bertz CT molecular complexity index is 896. The maximum Gasteiger partial charge on any atom is 0.243 e. The molecule has 144 valence electrons. The molecule has 27 heavy (non-hydrogen) atoms. The maximum atomic E-state index is 12.9. The third-order valence-corrected chi connectivity index (χ3v) is 6.44. The quantitative estimate of drug-likeness (QED) is 0.820. The van der Waals surface area contributed by atoms with Crippen molar-refractivity contribution in [1.29, 1.82) is 0 Å². The summed E-state index contributed by atoms with van der Waals surface area (Å²) in [6.07, 6.45) is 0. The van der Waals surface area contributed by atoms with Crippen LogP contribution in [0, 0.1) is 5.82 Å². The van der Waals surface area contributed by atoms with Crippen LogP contribution in [0.5, 0.6) is 0 Å². The van der Waals surface area contributed by atoms with Crippen molar-refractivity contribution < 1.29 is 17.6 Å². The second-order valence-electron chi connectivity index (χ2n) is 6.19. The molecule has 6 nitrogen and oxygen atoms in total. The molecule has 2 aromatic carbocycles. The van der Waals surface area contributed by atoms with Crippen LogP contribution >= 0.6 is 11.6 Å². The first-order valence-corrected chi connectivity index (χ1v) is 10.2. The van der Waals surface area contributed by atoms with E-state index in [9.17, 15) is 17.6 Å². The number of carbonyl (C=O) groups is 1. The molecule has 1 heterocycles. The number of amides is 1. The van der Waals surface area contributed by atoms with E-state index >= 15 is 0 Å². The fourth-order valence-corrected chi connectivity index (χ4v) is 4.37. The van der Waals surface area contributed by atoms with E-state index in [1.807, 2.05) is 4.90 Å². The molecule has 1 N–H and O–H groups in total. The summed E-state index contributed by atoms with van der Waals surface area (Å²) in [7, 11) is -3.57. The number of rotatable bonds is 5. The molecule has 3 rings (SSSR count). The largest absolute Gasteiger partial charge is 0.325 e. The molecule has 0 radical (unpaired) electrons. The van der Waals surface area contributed by atoms with Crippen LogP contribution in [0.2, 0.25) is 5.02 Å². The van der Waals surface area contributed by atoms with Crippen LogP contribution in [0.3, 0.4) is 0 Å². The lowest BCUT2D eigenvalue weighted by Crippen LogP contribution is -2.50. The summed E-state index contributed by atoms with van der Waals surface area (Å²) in [5.74, 6) is -0.596. The van der Waals surface area contributed by atoms with Gasteiger partial charge in [-0.2, -0.15) is 4.31 Å². The van der Waals surface area contributed by atoms with Gasteiger partial charge in [0.25, 0.3) is 0 Å². The summed E-state index contributed by atoms with van der Waals surface area (Å²) in [5, 5.41) is 3.18. The Labute approximate surface area is 162 Å². The van der Waals surface area contributed by atoms with Gasteiger partial charge in [0.05, 0.1) is 11.4 Å². The Balaban J connectivity index is 1.53. The normalized spacial score (nSPS) is 16.2. The summed E-state index contributed by atoms with van der Waals surface area (Å²) >= 11 is 5.81. The van der Waals surface area contributed by atoms with E-state index in [0.29, 0.717) is 36.9 Å². The first-order valence-electron chi connectivity index (χ1n) is 8.38. The fraction of sp³-hybridized carbons (Fsp3) is 0.278. The van der Waals surface area contributed by atoms with Crippen molar-refractivity contribution in [2.24, 2.45) is 0 Å². The summed E-state index contributed by atoms with van der Waals surface area (Å²) < 4.78 is 39.6. The van der Waals surface area contributed by atoms with Crippen molar-refractivity contribution in [2.75, 3.05) is 38.0 Å². The Morgan fingerprint density at radius 3 is 2.19 bits per heavy atom. The molecule has 0 unspecified atom stereocenters. The van der Waals surface area contributed by atoms with Gasteiger partial charge in [0.15, 0.2) is 0 Å². The van der Waals surface area contributed by atoms with Crippen LogP contribution in [-0.4, -0.2) is 56.3 Å². The first kappa shape index (κ1) is 19.8. The molecule has 0 spiro atoms. The van der Waals surface area contributed by atoms with Gasteiger partial charge in [-0.3, -0.25) is 9.69 Å². The van der Waals surface area contributed by atoms with Gasteiger partial charge in [0.2, 0.25) is 15.9 Å². The smallest absolute Gasteiger partial charge is 0.243 e. The average Bonchev–Trinajstić information content (AvgIpc) is 2.64. The molecule has 0 bridgehead atoms. The van der Waals surface area contributed by atoms with E-state index in [-0.39, 0.29) is 23.2 Å². The number of hydrogen-bond acceptors (Lipinski definition) is 4. The summed E-state index contributed by atoms with van der Waals surface area (Å²) in [6, 6.07) is 11.6. The lowest BCUT2D eigenvalue weighted by Gasteiger charge is -2.33. The maximum absolute atomic E-state index is 12.9. The highest BCUT2D eigenvalue weighted by atomic mass is 35.5. The van der Waals surface area contributed by atoms with E-state index in [0.717, 1.165) is 0 Å². The third kappa shape index (κ3) is 5.04. The van der Waals surface area contributed by atoms with Crippen molar-refractivity contribution in [3.8, 4) is 0 Å². The van der Waals surface area contributed by atoms with Crippen molar-refractivity contribution >= 4 is 33.2 Å². The highest BCUT2D eigenvalue weighted by Crippen LogP contribution is 2.20. The molecule has 1 saturated heterocycles. The molecular weight excluding hydrogens is 393 g/mol. The van der Waals surface area contributed by atoms with Crippen molar-refractivity contribution in [2.45, 2.75) is 4.90 Å². The number of hydrogen-bond donors (Lipinski definition) is 1. The average molecular weight is 412 g/mol. The fourth-order valence-electron chi connectivity index (χ4n) is 2.82. The lowest BCUT2D eigenvalue weighted by molar-refractivity contribution is -0.117. The molecule has 1 fully saturated rings. The van der Waals surface area contributed by atoms with E-state index in [4.69, 9.17) is 11.6 Å². The van der Waals surface area contributed by atoms with Gasteiger partial charge in [-0.1, -0.05) is 11.6 Å². The van der Waals surface area contributed by atoms with Gasteiger partial charge < -0.3 is 5.32 Å². The SMILES string of the molecule is O=C(CN1CCN(S(=O)(=O)c2ccc(Cl)cc2)CC1)Nc1ccc(F)cc1. The second-order valence-corrected chi connectivity index (χ2v) is 8.56. The van der Waals surface area contributed by atoms with E-state index in [1.165, 1.54) is 40.7 Å². The predicted molar refractivity (Wildman–Crippen MR) is 102 cm³/mol. The molecular formula is C18H19ClFN3O3S. The number of nitrogens with zero attached hydrogens (tertiary/aromatic N) is 2. The van der Waals surface area contributed by atoms with Crippen molar-refractivity contribution in [1.82, 2.24) is 9.21 Å². The van der Waals surface area contributed by atoms with Gasteiger partial charge >= 0.3 is 0 Å². The third-order valence-electron chi connectivity index (χ3n) is 4.28. The van der Waals surface area contributed by atoms with Gasteiger partial charge in [-0.15, -0.1) is 0 Å². The highest BCUT2D eigenvalue weighted by Gasteiger charge is 2.29. The zero-order valence-corrected chi connectivity index (χ0v) is 16.0. The molecule has 0 aliphatic carbocycles. The van der Waals surface area contributed by atoms with Crippen LogP contribution in [-0.2, 0) is 14.8 Å². The monoisotopic (exact) mass is 411 g/mol. The molecule has 0 saturated carbocycles. The molecule has 2 aromatic rings. The molecule has 1 aliphatic heterocycles. The lowest BCUT2D eigenvalue weighted by atomic mass is 10.3. The van der Waals surface area contributed by atoms with Crippen LogP contribution < -0.4 is 5.32 Å². The Morgan fingerprint density at radius 2 is 1.59 bits per heavy atom. The Kier molecular flexibility index (Phi) is 6.11. The topological polar surface area (TPSA) is 69.7 Å². The van der Waals surface area contributed by atoms with Gasteiger partial charge in [0.1, 0.15) is 5.82 Å². The number of nitrogens with one attached hydrogen (secondary N) is 1. The molecule has 0 atom stereocenters. The predicted octanol–water partition coefficient (Wildman–Crippen LogP) is 2.42. The number of piperazine rings is 1. The number of sulfonamides is 1. The van der Waals surface area contributed by atoms with E-state index in [1.54, 1.807) is 12.1 Å². The van der Waals surface area contributed by atoms with Gasteiger partial charge in [0, 0.05) is 36.9 Å². The second kappa shape index (κ2) is 8.35. The molecule has 1 aliphatic rings. The molecule has 0 aromatic heterocycles. The Morgan fingerprint density at radius 1 is 1.00 bits per heavy atom. The van der Waals surface area contributed by atoms with Gasteiger partial charge in [-0.05, 0) is 48.5 Å². The zero-order valence-electron chi connectivity index (χ0n) is 14.4. The molecule has 1 amide bonds. The molecule has 9 heteroatoms. The summed E-state index contributed by atoms with van der Waals surface area (Å²) in [4.78, 5) is 14.2. The minimum Gasteiger partial charge on any atom is -0.325 e. The van der Waals surface area contributed by atoms with Crippen LogP contribution in [0.15, 0.2) is 53.4 Å². The minimum absolute atomic E-state index is 0.145. The van der Waals surface area contributed by atoms with Crippen molar-refractivity contribution in [3.05, 3.63) is 59.4 Å². The highest BCUT2D eigenvalue weighted by molar-refractivity contribution is 7.89. The van der Waals surface area contributed by atoms with E-state index < -0.39 is 10.0 Å². The number of anilines is 1. The number of carbonyl (C=O) groups excluding carboxylic acids is 1. The van der Waals surface area contributed by atoms with Crippen LogP contribution in [0.4, 0.5) is 10.1 Å². The van der Waals surface area contributed by atoms with Crippen molar-refractivity contribution in [3.63, 3.8) is 0 Å². The number of benzene rings is 2. The van der Waals surface area contributed by atoms with Crippen LogP contribution in [0.1, 0.15) is 0 Å². The van der Waals surface area contributed by atoms with Crippen LogP contribution in [0.25, 0.3) is 0 Å². The first-order chi connectivity index (χ1) is 12.8. The van der Waals surface area contributed by atoms with Gasteiger partial charge in [-0.25, -0.2) is 12.8 Å². The van der Waals surface area contributed by atoms with E-state index in [2.05, 4.69) is 5.32 Å².